The van der Waals surface area contributed by atoms with E-state index in [1.807, 2.05) is 55.5 Å². The molecule has 7 nitrogen and oxygen atoms in total. The van der Waals surface area contributed by atoms with Gasteiger partial charge in [-0.3, -0.25) is 14.5 Å². The Labute approximate surface area is 222 Å². The lowest BCUT2D eigenvalue weighted by Crippen LogP contribution is -2.30. The van der Waals surface area contributed by atoms with Crippen LogP contribution in [0.5, 0.6) is 5.75 Å². The van der Waals surface area contributed by atoms with Crippen LogP contribution < -0.4 is 9.64 Å². The third-order valence-electron chi connectivity index (χ3n) is 6.36. The number of benzene rings is 3. The second kappa shape index (κ2) is 9.64. The van der Waals surface area contributed by atoms with E-state index < -0.39 is 23.5 Å². The number of thiazole rings is 1. The van der Waals surface area contributed by atoms with Gasteiger partial charge < -0.3 is 14.3 Å². The van der Waals surface area contributed by atoms with Crippen molar-refractivity contribution in [2.24, 2.45) is 0 Å². The number of carbonyl (C=O) groups is 2. The fraction of sp³-hybridized carbons (Fsp3) is 0.100. The zero-order valence-corrected chi connectivity index (χ0v) is 21.1. The normalized spacial score (nSPS) is 15.4. The van der Waals surface area contributed by atoms with Gasteiger partial charge in [0.2, 0.25) is 5.78 Å². The highest BCUT2D eigenvalue weighted by molar-refractivity contribution is 7.15. The van der Waals surface area contributed by atoms with E-state index in [4.69, 9.17) is 9.15 Å². The van der Waals surface area contributed by atoms with Crippen molar-refractivity contribution in [1.29, 1.82) is 0 Å². The molecule has 1 unspecified atom stereocenters. The third-order valence-corrected chi connectivity index (χ3v) is 7.27. The van der Waals surface area contributed by atoms with E-state index in [1.165, 1.54) is 16.2 Å². The SMILES string of the molecule is Cc1cnc(N2C(=O)C(O)=C(C(=O)c3cc4ccccc4o3)C2c2ccc(OCc3ccccc3)cc2)s1. The summed E-state index contributed by atoms with van der Waals surface area (Å²) in [5.41, 5.74) is 2.15. The number of furan rings is 1. The number of aryl methyl sites for hydroxylation is 1. The number of carbonyl (C=O) groups excluding carboxylic acids is 2. The second-order valence-electron chi connectivity index (χ2n) is 8.91. The summed E-state index contributed by atoms with van der Waals surface area (Å²) < 4.78 is 11.7. The highest BCUT2D eigenvalue weighted by Crippen LogP contribution is 2.43. The van der Waals surface area contributed by atoms with E-state index >= 15 is 0 Å². The molecule has 0 radical (unpaired) electrons. The Kier molecular flexibility index (Phi) is 6.01. The summed E-state index contributed by atoms with van der Waals surface area (Å²) in [6.45, 7) is 2.28. The van der Waals surface area contributed by atoms with Gasteiger partial charge in [-0.1, -0.05) is 60.7 Å². The van der Waals surface area contributed by atoms with Gasteiger partial charge in [0.05, 0.1) is 11.6 Å². The molecule has 0 saturated heterocycles. The maximum Gasteiger partial charge on any atom is 0.296 e. The summed E-state index contributed by atoms with van der Waals surface area (Å²) in [6.07, 6.45) is 1.65. The fourth-order valence-corrected chi connectivity index (χ4v) is 5.30. The molecule has 0 bridgehead atoms. The molecule has 5 aromatic rings. The minimum atomic E-state index is -0.892. The molecule has 0 saturated carbocycles. The van der Waals surface area contributed by atoms with Gasteiger partial charge >= 0.3 is 0 Å². The average Bonchev–Trinajstić information content (AvgIpc) is 3.64. The number of ether oxygens (including phenoxy) is 1. The van der Waals surface area contributed by atoms with Crippen molar-refractivity contribution < 1.29 is 23.8 Å². The molecule has 0 fully saturated rings. The molecule has 1 amide bonds. The van der Waals surface area contributed by atoms with Crippen molar-refractivity contribution >= 4 is 39.1 Å². The first kappa shape index (κ1) is 23.7. The molecule has 0 spiro atoms. The number of nitrogens with zero attached hydrogens (tertiary/aromatic N) is 2. The van der Waals surface area contributed by atoms with E-state index in [0.29, 0.717) is 28.6 Å². The number of aliphatic hydroxyl groups is 1. The number of aromatic nitrogens is 1. The summed E-state index contributed by atoms with van der Waals surface area (Å²) >= 11 is 1.31. The van der Waals surface area contributed by atoms with Crippen molar-refractivity contribution in [3.05, 3.63) is 124 Å². The monoisotopic (exact) mass is 522 g/mol. The van der Waals surface area contributed by atoms with Crippen LogP contribution in [0.2, 0.25) is 0 Å². The largest absolute Gasteiger partial charge is 0.503 e. The molecule has 3 heterocycles. The van der Waals surface area contributed by atoms with Gasteiger partial charge in [-0.25, -0.2) is 4.98 Å². The standard InChI is InChI=1S/C30H22N2O5S/c1-18-16-31-30(38-18)32-26(20-11-13-22(14-12-20)36-17-19-7-3-2-4-8-19)25(28(34)29(32)35)27(33)24-15-21-9-5-6-10-23(21)37-24/h2-16,26,34H,17H2,1H3. The van der Waals surface area contributed by atoms with E-state index in [1.54, 1.807) is 42.6 Å². The number of hydrogen-bond donors (Lipinski definition) is 1. The lowest BCUT2D eigenvalue weighted by Gasteiger charge is -2.24. The van der Waals surface area contributed by atoms with Crippen LogP contribution in [0.1, 0.15) is 32.6 Å². The minimum absolute atomic E-state index is 0.0468. The van der Waals surface area contributed by atoms with E-state index in [2.05, 4.69) is 4.98 Å². The Morgan fingerprint density at radius 1 is 1.05 bits per heavy atom. The Bertz CT molecular complexity index is 1650. The molecule has 188 valence electrons. The van der Waals surface area contributed by atoms with Gasteiger partial charge in [0, 0.05) is 16.5 Å². The lowest BCUT2D eigenvalue weighted by atomic mass is 9.95. The van der Waals surface area contributed by atoms with Crippen LogP contribution in [0, 0.1) is 6.92 Å². The molecule has 38 heavy (non-hydrogen) atoms. The highest BCUT2D eigenvalue weighted by atomic mass is 32.1. The van der Waals surface area contributed by atoms with Gasteiger partial charge in [0.1, 0.15) is 17.9 Å². The van der Waals surface area contributed by atoms with Crippen LogP contribution >= 0.6 is 11.3 Å². The summed E-state index contributed by atoms with van der Waals surface area (Å²) in [7, 11) is 0. The number of rotatable bonds is 7. The van der Waals surface area contributed by atoms with Gasteiger partial charge in [0.15, 0.2) is 16.7 Å². The number of amides is 1. The number of anilines is 1. The summed E-state index contributed by atoms with van der Waals surface area (Å²) in [4.78, 5) is 33.7. The number of aliphatic hydroxyl groups excluding tert-OH is 1. The summed E-state index contributed by atoms with van der Waals surface area (Å²) in [5, 5.41) is 12.1. The first-order valence-corrected chi connectivity index (χ1v) is 12.8. The average molecular weight is 523 g/mol. The highest BCUT2D eigenvalue weighted by Gasteiger charge is 2.46. The molecular formula is C30H22N2O5S. The van der Waals surface area contributed by atoms with Crippen molar-refractivity contribution in [2.45, 2.75) is 19.6 Å². The first-order valence-electron chi connectivity index (χ1n) is 12.0. The number of Topliss-reactive ketones (excluding diaryl/α,β-unsaturated/α-hetero) is 1. The maximum atomic E-state index is 13.7. The quantitative estimate of drug-likeness (QED) is 0.243. The Morgan fingerprint density at radius 2 is 1.79 bits per heavy atom. The van der Waals surface area contributed by atoms with Crippen LogP contribution in [0.4, 0.5) is 5.13 Å². The molecule has 3 aromatic carbocycles. The Balaban J connectivity index is 1.37. The molecular weight excluding hydrogens is 500 g/mol. The molecule has 8 heteroatoms. The number of hydrogen-bond acceptors (Lipinski definition) is 7. The van der Waals surface area contributed by atoms with Crippen LogP contribution in [-0.4, -0.2) is 21.8 Å². The van der Waals surface area contributed by atoms with Crippen LogP contribution in [0.15, 0.2) is 107 Å². The lowest BCUT2D eigenvalue weighted by molar-refractivity contribution is -0.117. The van der Waals surface area contributed by atoms with E-state index in [9.17, 15) is 14.7 Å². The van der Waals surface area contributed by atoms with Gasteiger partial charge in [0.25, 0.3) is 5.91 Å². The molecule has 1 aliphatic rings. The number of ketones is 1. The Hall–Kier alpha value is -4.69. The summed E-state index contributed by atoms with van der Waals surface area (Å²) in [6, 6.07) is 24.9. The molecule has 2 aromatic heterocycles. The van der Waals surface area contributed by atoms with Gasteiger partial charge in [-0.05, 0) is 42.3 Å². The van der Waals surface area contributed by atoms with Gasteiger partial charge in [-0.15, -0.1) is 11.3 Å². The molecule has 6 rings (SSSR count). The van der Waals surface area contributed by atoms with Crippen molar-refractivity contribution in [3.63, 3.8) is 0 Å². The van der Waals surface area contributed by atoms with Crippen LogP contribution in [0.3, 0.4) is 0 Å². The second-order valence-corrected chi connectivity index (χ2v) is 10.1. The smallest absolute Gasteiger partial charge is 0.296 e. The summed E-state index contributed by atoms with van der Waals surface area (Å²) in [5.74, 6) is -1.18. The predicted molar refractivity (Wildman–Crippen MR) is 144 cm³/mol. The topological polar surface area (TPSA) is 92.9 Å². The van der Waals surface area contributed by atoms with Crippen LogP contribution in [-0.2, 0) is 11.4 Å². The van der Waals surface area contributed by atoms with E-state index in [0.717, 1.165) is 15.8 Å². The molecule has 0 aliphatic carbocycles. The molecule has 1 aliphatic heterocycles. The molecule has 1 atom stereocenters. The van der Waals surface area contributed by atoms with Crippen molar-refractivity contribution in [3.8, 4) is 5.75 Å². The fourth-order valence-electron chi connectivity index (χ4n) is 4.52. The molecule has 1 N–H and O–H groups in total. The van der Waals surface area contributed by atoms with Crippen molar-refractivity contribution in [2.75, 3.05) is 4.90 Å². The Morgan fingerprint density at radius 3 is 2.50 bits per heavy atom. The number of fused-ring (bicyclic) bond motifs is 1. The van der Waals surface area contributed by atoms with E-state index in [-0.39, 0.29) is 11.3 Å². The van der Waals surface area contributed by atoms with Gasteiger partial charge in [-0.2, -0.15) is 0 Å². The predicted octanol–water partition coefficient (Wildman–Crippen LogP) is 6.56. The zero-order valence-electron chi connectivity index (χ0n) is 20.3. The first-order chi connectivity index (χ1) is 18.5. The van der Waals surface area contributed by atoms with Crippen molar-refractivity contribution in [1.82, 2.24) is 4.98 Å². The number of para-hydroxylation sites is 1. The minimum Gasteiger partial charge on any atom is -0.503 e. The van der Waals surface area contributed by atoms with Crippen LogP contribution in [0.25, 0.3) is 11.0 Å². The third kappa shape index (κ3) is 4.25. The maximum absolute atomic E-state index is 13.7. The zero-order chi connectivity index (χ0) is 26.2.